The topological polar surface area (TPSA) is 68.8 Å². The highest BCUT2D eigenvalue weighted by Gasteiger charge is 1.17. The van der Waals surface area contributed by atoms with Crippen molar-refractivity contribution in [3.63, 3.8) is 0 Å². The van der Waals surface area contributed by atoms with Gasteiger partial charge in [0.05, 0.1) is 0 Å². The van der Waals surface area contributed by atoms with E-state index in [0.717, 1.165) is 0 Å². The fourth-order valence-electron chi connectivity index (χ4n) is 0. The monoisotopic (exact) mass is 84.0 g/mol. The lowest BCUT2D eigenvalue weighted by molar-refractivity contribution is 0.524. The molecule has 4 heteroatoms. The summed E-state index contributed by atoms with van der Waals surface area (Å²) in [5, 5.41) is 0. The van der Waals surface area contributed by atoms with E-state index in [2.05, 4.69) is 0 Å². The molecule has 0 aliphatic rings. The van der Waals surface area contributed by atoms with Gasteiger partial charge in [0.1, 0.15) is 0 Å². The van der Waals surface area contributed by atoms with E-state index in [1.54, 1.807) is 0 Å². The predicted octanol–water partition coefficient (Wildman–Crippen LogP) is -1.17. The summed E-state index contributed by atoms with van der Waals surface area (Å²) in [6.07, 6.45) is 0. The summed E-state index contributed by atoms with van der Waals surface area (Å²) in [5.41, 5.74) is 0. The van der Waals surface area contributed by atoms with E-state index in [9.17, 15) is 0 Å². The maximum atomic E-state index is 8.57. The van der Waals surface area contributed by atoms with E-state index < -0.39 is 8.69 Å². The molecule has 0 aromatic carbocycles. The highest BCUT2D eigenvalue weighted by Crippen LogP contribution is 1.66. The van der Waals surface area contributed by atoms with Crippen molar-refractivity contribution in [3.8, 4) is 0 Å². The van der Waals surface area contributed by atoms with Crippen LogP contribution in [0.25, 0.3) is 0 Å². The first-order valence-electron chi connectivity index (χ1n) is 0.494. The zero-order valence-corrected chi connectivity index (χ0v) is 3.09. The van der Waals surface area contributed by atoms with Gasteiger partial charge in [0.2, 0.25) is 0 Å². The normalized spacial score (nSPS) is 7.25. The molecule has 0 aliphatic heterocycles. The predicted molar refractivity (Wildman–Crippen MR) is 16.2 cm³/mol. The van der Waals surface area contributed by atoms with E-state index >= 15 is 0 Å². The van der Waals surface area contributed by atoms with E-state index in [-0.39, 0.29) is 5.48 Å². The van der Waals surface area contributed by atoms with Crippen LogP contribution in [0.2, 0.25) is 0 Å². The summed E-state index contributed by atoms with van der Waals surface area (Å²) >= 11 is 0. The minimum Gasteiger partial charge on any atom is -0.412 e. The van der Waals surface area contributed by atoms with Crippen molar-refractivity contribution < 1.29 is 14.9 Å². The van der Waals surface area contributed by atoms with Crippen molar-refractivity contribution >= 4 is 8.69 Å². The Bertz CT molecular complexity index is 10.8. The molecule has 0 saturated heterocycles. The second-order valence-electron chi connectivity index (χ2n) is 0.105. The molecule has 0 radical (unpaired) electrons. The van der Waals surface area contributed by atoms with Crippen LogP contribution < -0.4 is 0 Å². The lowest BCUT2D eigenvalue weighted by Crippen LogP contribution is -1.03. The molecule has 4 heavy (non-hydrogen) atoms. The molecular formula is H5O3P. The lowest BCUT2D eigenvalue weighted by atomic mass is 15.9. The maximum absolute atomic E-state index is 8.57. The Labute approximate surface area is 24.9 Å². The van der Waals surface area contributed by atoms with Crippen LogP contribution in [0.1, 0.15) is 0 Å². The van der Waals surface area contributed by atoms with Crippen molar-refractivity contribution in [2.75, 3.05) is 0 Å². The van der Waals surface area contributed by atoms with Crippen LogP contribution in [0, 0.1) is 0 Å². The van der Waals surface area contributed by atoms with Gasteiger partial charge in [-0.3, -0.25) is 4.57 Å². The lowest BCUT2D eigenvalue weighted by Gasteiger charge is -1.33. The molecule has 0 aromatic heterocycles. The zero-order valence-electron chi connectivity index (χ0n) is 1.93. The molecule has 0 aromatic rings. The molecule has 28 valence electrons. The van der Waals surface area contributed by atoms with Crippen LogP contribution >= 0.6 is 8.69 Å². The van der Waals surface area contributed by atoms with Crippen LogP contribution in [0.5, 0.6) is 0 Å². The molecule has 1 atom stereocenters. The van der Waals surface area contributed by atoms with Crippen LogP contribution in [0.4, 0.5) is 0 Å². The number of hydrogen-bond donors (Lipinski definition) is 1. The van der Waals surface area contributed by atoms with Gasteiger partial charge in [-0.05, 0) is 0 Å². The standard InChI is InChI=1S/H3O2P.H2O/c1-3-2;/h3H2,(H,1,2);1H2. The third kappa shape index (κ3) is 126. The Morgan fingerprint density at radius 1 is 1.75 bits per heavy atom. The molecule has 0 rings (SSSR count). The van der Waals surface area contributed by atoms with Gasteiger partial charge in [0.15, 0.2) is 8.69 Å². The van der Waals surface area contributed by atoms with Gasteiger partial charge < -0.3 is 10.4 Å². The van der Waals surface area contributed by atoms with Crippen LogP contribution in [-0.2, 0) is 4.57 Å². The smallest absolute Gasteiger partial charge is 0.177 e. The summed E-state index contributed by atoms with van der Waals surface area (Å²) in [7, 11) is -1.50. The average molecular weight is 84.0 g/mol. The first kappa shape index (κ1) is 8.91. The third-order valence-corrected chi connectivity index (χ3v) is 0. The SMILES string of the molecule is O.O=[PH2]O. The quantitative estimate of drug-likeness (QED) is 0.375. The highest BCUT2D eigenvalue weighted by molar-refractivity contribution is 7.16. The molecule has 0 saturated carbocycles. The number of rotatable bonds is 0. The van der Waals surface area contributed by atoms with E-state index in [0.29, 0.717) is 0 Å². The fourth-order valence-corrected chi connectivity index (χ4v) is 0. The van der Waals surface area contributed by atoms with Gasteiger partial charge in [0.25, 0.3) is 0 Å². The second-order valence-corrected chi connectivity index (χ2v) is 0.316. The van der Waals surface area contributed by atoms with Crippen molar-refractivity contribution in [2.24, 2.45) is 0 Å². The summed E-state index contributed by atoms with van der Waals surface area (Å²) in [6, 6.07) is 0. The number of hydrogen-bond acceptors (Lipinski definition) is 1. The first-order valence-corrected chi connectivity index (χ1v) is 1.48. The minimum atomic E-state index is -1.50. The largest absolute Gasteiger partial charge is 0.412 e. The molecule has 3 nitrogen and oxygen atoms in total. The Balaban J connectivity index is 0. The van der Waals surface area contributed by atoms with Crippen LogP contribution in [-0.4, -0.2) is 10.4 Å². The van der Waals surface area contributed by atoms with Gasteiger partial charge in [-0.2, -0.15) is 0 Å². The van der Waals surface area contributed by atoms with Gasteiger partial charge in [-0.25, -0.2) is 0 Å². The average Bonchev–Trinajstić information content (AvgIpc) is 0.918. The summed E-state index contributed by atoms with van der Waals surface area (Å²) in [6.45, 7) is 0. The minimum absolute atomic E-state index is 0. The van der Waals surface area contributed by atoms with Gasteiger partial charge in [-0.1, -0.05) is 0 Å². The van der Waals surface area contributed by atoms with E-state index in [4.69, 9.17) is 9.46 Å². The Morgan fingerprint density at radius 3 is 1.75 bits per heavy atom. The van der Waals surface area contributed by atoms with Crippen molar-refractivity contribution in [1.29, 1.82) is 0 Å². The molecule has 1 unspecified atom stereocenters. The maximum Gasteiger partial charge on any atom is 0.177 e. The Morgan fingerprint density at radius 2 is 1.75 bits per heavy atom. The molecular weight excluding hydrogens is 79.0 g/mol. The molecule has 3 N–H and O–H groups in total. The molecule has 0 fully saturated rings. The Kier molecular flexibility index (Phi) is 24.5. The molecule has 0 spiro atoms. The molecule has 0 bridgehead atoms. The van der Waals surface area contributed by atoms with Gasteiger partial charge >= 0.3 is 0 Å². The Hall–Kier alpha value is 0.150. The van der Waals surface area contributed by atoms with Gasteiger partial charge in [-0.15, -0.1) is 0 Å². The van der Waals surface area contributed by atoms with Crippen LogP contribution in [0.15, 0.2) is 0 Å². The van der Waals surface area contributed by atoms with E-state index in [1.807, 2.05) is 0 Å². The summed E-state index contributed by atoms with van der Waals surface area (Å²) in [5.74, 6) is 0. The molecule has 0 heterocycles. The van der Waals surface area contributed by atoms with Gasteiger partial charge in [0, 0.05) is 0 Å². The van der Waals surface area contributed by atoms with Crippen LogP contribution in [0.3, 0.4) is 0 Å². The molecule has 0 amide bonds. The third-order valence-electron chi connectivity index (χ3n) is 0. The fraction of sp³-hybridized carbons (Fsp3) is 0. The second kappa shape index (κ2) is 11.0. The summed E-state index contributed by atoms with van der Waals surface area (Å²) < 4.78 is 8.57. The molecule has 0 aliphatic carbocycles. The zero-order chi connectivity index (χ0) is 2.71. The van der Waals surface area contributed by atoms with E-state index in [1.165, 1.54) is 0 Å². The van der Waals surface area contributed by atoms with Crippen molar-refractivity contribution in [1.82, 2.24) is 0 Å². The highest BCUT2D eigenvalue weighted by atomic mass is 31.1. The van der Waals surface area contributed by atoms with Crippen molar-refractivity contribution in [2.45, 2.75) is 0 Å². The first-order chi connectivity index (χ1) is 1.41. The van der Waals surface area contributed by atoms with Crippen molar-refractivity contribution in [3.05, 3.63) is 0 Å². The summed E-state index contributed by atoms with van der Waals surface area (Å²) in [4.78, 5) is 7.10.